The molecule has 1 aliphatic heterocycles. The van der Waals surface area contributed by atoms with Crippen molar-refractivity contribution in [2.24, 2.45) is 0 Å². The number of nitrogens with zero attached hydrogens (tertiary/aromatic N) is 1. The van der Waals surface area contributed by atoms with Crippen molar-refractivity contribution in [3.8, 4) is 33.4 Å². The Hall–Kier alpha value is -6.61. The SMILES string of the molecule is c1ccc(-c2ccc(N(c3ccc(-c4ccccc4)cc3)c3cccc4cc5c(cc34)Sc3ccccc3C53c4ccccc4-c4ccccc43)cc2)cc1. The van der Waals surface area contributed by atoms with Gasteiger partial charge in [-0.15, -0.1) is 0 Å². The first-order chi connectivity index (χ1) is 27.3. The Labute approximate surface area is 326 Å². The van der Waals surface area contributed by atoms with E-state index in [2.05, 4.69) is 217 Å². The minimum Gasteiger partial charge on any atom is -0.310 e. The second kappa shape index (κ2) is 12.8. The van der Waals surface area contributed by atoms with Crippen molar-refractivity contribution in [2.75, 3.05) is 4.90 Å². The molecule has 55 heavy (non-hydrogen) atoms. The molecule has 2 aliphatic rings. The standard InChI is InChI=1S/C53H35NS/c1-3-14-36(15-4-1)38-26-30-41(31-27-38)54(42-32-28-39(29-33-42)37-16-5-2-6-17-37)50-24-13-18-40-34-49-52(35-45(40)50)55-51-25-12-11-23-48(51)53(49)46-21-9-7-19-43(46)44-20-8-10-22-47(44)53/h1-35H. The van der Waals surface area contributed by atoms with Crippen LogP contribution < -0.4 is 4.90 Å². The number of rotatable bonds is 5. The van der Waals surface area contributed by atoms with Crippen molar-refractivity contribution in [3.05, 3.63) is 235 Å². The maximum atomic E-state index is 2.49. The summed E-state index contributed by atoms with van der Waals surface area (Å²) in [7, 11) is 0. The smallest absolute Gasteiger partial charge is 0.0735 e. The normalized spacial score (nSPS) is 13.2. The summed E-state index contributed by atoms with van der Waals surface area (Å²) in [6.45, 7) is 0. The van der Waals surface area contributed by atoms with Gasteiger partial charge in [0.05, 0.1) is 11.1 Å². The van der Waals surface area contributed by atoms with Crippen LogP contribution in [0.1, 0.15) is 22.3 Å². The van der Waals surface area contributed by atoms with E-state index in [9.17, 15) is 0 Å². The summed E-state index contributed by atoms with van der Waals surface area (Å²) < 4.78 is 0. The Morgan fingerprint density at radius 2 is 0.836 bits per heavy atom. The third kappa shape index (κ3) is 4.95. The number of benzene rings is 9. The van der Waals surface area contributed by atoms with Crippen LogP contribution in [0.2, 0.25) is 0 Å². The second-order valence-corrected chi connectivity index (χ2v) is 15.5. The molecule has 0 fully saturated rings. The largest absolute Gasteiger partial charge is 0.310 e. The highest BCUT2D eigenvalue weighted by Gasteiger charge is 2.50. The van der Waals surface area contributed by atoms with Gasteiger partial charge in [-0.25, -0.2) is 0 Å². The van der Waals surface area contributed by atoms with Crippen molar-refractivity contribution in [2.45, 2.75) is 15.2 Å². The molecule has 0 aromatic heterocycles. The van der Waals surface area contributed by atoms with Crippen molar-refractivity contribution in [1.82, 2.24) is 0 Å². The molecule has 0 unspecified atom stereocenters. The number of fused-ring (bicyclic) bond motifs is 10. The van der Waals surface area contributed by atoms with Gasteiger partial charge in [-0.3, -0.25) is 0 Å². The van der Waals surface area contributed by atoms with Crippen molar-refractivity contribution in [3.63, 3.8) is 0 Å². The van der Waals surface area contributed by atoms with Crippen LogP contribution in [0.4, 0.5) is 17.1 Å². The lowest BCUT2D eigenvalue weighted by Gasteiger charge is -2.40. The molecule has 1 heterocycles. The number of hydrogen-bond donors (Lipinski definition) is 0. The Kier molecular flexibility index (Phi) is 7.40. The molecule has 258 valence electrons. The summed E-state index contributed by atoms with van der Waals surface area (Å²) >= 11 is 1.90. The lowest BCUT2D eigenvalue weighted by atomic mass is 9.67. The molecule has 1 nitrogen and oxygen atoms in total. The highest BCUT2D eigenvalue weighted by molar-refractivity contribution is 7.99. The highest BCUT2D eigenvalue weighted by atomic mass is 32.2. The molecular formula is C53H35NS. The fraction of sp³-hybridized carbons (Fsp3) is 0.0189. The summed E-state index contributed by atoms with van der Waals surface area (Å²) in [5, 5.41) is 2.45. The molecule has 2 heteroatoms. The molecule has 0 saturated carbocycles. The minimum atomic E-state index is -0.408. The Bertz CT molecular complexity index is 2750. The average molecular weight is 718 g/mol. The second-order valence-electron chi connectivity index (χ2n) is 14.4. The van der Waals surface area contributed by atoms with Crippen LogP contribution in [0.5, 0.6) is 0 Å². The lowest BCUT2D eigenvalue weighted by Crippen LogP contribution is -2.32. The van der Waals surface area contributed by atoms with Crippen molar-refractivity contribution in [1.29, 1.82) is 0 Å². The summed E-state index contributed by atoms with van der Waals surface area (Å²) in [5.41, 5.74) is 15.9. The first kappa shape index (κ1) is 31.9. The molecule has 0 N–H and O–H groups in total. The summed E-state index contributed by atoms with van der Waals surface area (Å²) in [4.78, 5) is 5.03. The van der Waals surface area contributed by atoms with Crippen LogP contribution in [0.15, 0.2) is 222 Å². The van der Waals surface area contributed by atoms with Gasteiger partial charge >= 0.3 is 0 Å². The molecule has 1 aliphatic carbocycles. The van der Waals surface area contributed by atoms with E-state index in [-0.39, 0.29) is 0 Å². The summed E-state index contributed by atoms with van der Waals surface area (Å²) in [5.74, 6) is 0. The zero-order chi connectivity index (χ0) is 36.3. The first-order valence-electron chi connectivity index (χ1n) is 18.9. The van der Waals surface area contributed by atoms with Crippen LogP contribution in [0, 0.1) is 0 Å². The van der Waals surface area contributed by atoms with Gasteiger partial charge in [0.2, 0.25) is 0 Å². The van der Waals surface area contributed by atoms with Crippen LogP contribution in [-0.2, 0) is 5.41 Å². The molecule has 11 rings (SSSR count). The highest BCUT2D eigenvalue weighted by Crippen LogP contribution is 2.62. The molecule has 0 bridgehead atoms. The average Bonchev–Trinajstić information content (AvgIpc) is 3.55. The Morgan fingerprint density at radius 3 is 1.42 bits per heavy atom. The summed E-state index contributed by atoms with van der Waals surface area (Å²) in [6.07, 6.45) is 0. The predicted molar refractivity (Wildman–Crippen MR) is 231 cm³/mol. The van der Waals surface area contributed by atoms with E-state index in [1.807, 2.05) is 11.8 Å². The Balaban J connectivity index is 1.13. The van der Waals surface area contributed by atoms with Gasteiger partial charge in [-0.1, -0.05) is 176 Å². The molecule has 1 spiro atoms. The molecule has 9 aromatic rings. The van der Waals surface area contributed by atoms with Gasteiger partial charge in [0.15, 0.2) is 0 Å². The molecule has 0 saturated heterocycles. The quantitative estimate of drug-likeness (QED) is 0.174. The molecular weight excluding hydrogens is 683 g/mol. The molecule has 0 amide bonds. The van der Waals surface area contributed by atoms with Gasteiger partial charge in [0.25, 0.3) is 0 Å². The van der Waals surface area contributed by atoms with E-state index in [0.29, 0.717) is 0 Å². The zero-order valence-corrected chi connectivity index (χ0v) is 30.9. The lowest BCUT2D eigenvalue weighted by molar-refractivity contribution is 0.724. The third-order valence-electron chi connectivity index (χ3n) is 11.5. The maximum Gasteiger partial charge on any atom is 0.0735 e. The van der Waals surface area contributed by atoms with Crippen LogP contribution in [0.25, 0.3) is 44.2 Å². The van der Waals surface area contributed by atoms with Crippen LogP contribution >= 0.6 is 11.8 Å². The van der Waals surface area contributed by atoms with Gasteiger partial charge in [-0.2, -0.15) is 0 Å². The van der Waals surface area contributed by atoms with Crippen LogP contribution in [-0.4, -0.2) is 0 Å². The minimum absolute atomic E-state index is 0.408. The van der Waals surface area contributed by atoms with E-state index < -0.39 is 5.41 Å². The predicted octanol–water partition coefficient (Wildman–Crippen LogP) is 14.5. The topological polar surface area (TPSA) is 3.24 Å². The fourth-order valence-corrected chi connectivity index (χ4v) is 10.3. The molecule has 9 aromatic carbocycles. The van der Waals surface area contributed by atoms with E-state index in [1.165, 1.54) is 76.2 Å². The van der Waals surface area contributed by atoms with E-state index >= 15 is 0 Å². The van der Waals surface area contributed by atoms with E-state index in [1.54, 1.807) is 0 Å². The fourth-order valence-electron chi connectivity index (χ4n) is 9.10. The van der Waals surface area contributed by atoms with E-state index in [4.69, 9.17) is 0 Å². The van der Waals surface area contributed by atoms with Gasteiger partial charge in [0.1, 0.15) is 0 Å². The van der Waals surface area contributed by atoms with Gasteiger partial charge in [0, 0.05) is 26.6 Å². The molecule has 0 radical (unpaired) electrons. The van der Waals surface area contributed by atoms with Crippen molar-refractivity contribution >= 4 is 39.6 Å². The van der Waals surface area contributed by atoms with Gasteiger partial charge < -0.3 is 4.90 Å². The first-order valence-corrected chi connectivity index (χ1v) is 19.7. The number of anilines is 3. The van der Waals surface area contributed by atoms with E-state index in [0.717, 1.165) is 17.1 Å². The molecule has 0 atom stereocenters. The summed E-state index contributed by atoms with van der Waals surface area (Å²) in [6, 6.07) is 78.1. The third-order valence-corrected chi connectivity index (χ3v) is 12.7. The Morgan fingerprint density at radius 1 is 0.345 bits per heavy atom. The number of hydrogen-bond acceptors (Lipinski definition) is 2. The van der Waals surface area contributed by atoms with Crippen molar-refractivity contribution < 1.29 is 0 Å². The monoisotopic (exact) mass is 717 g/mol. The van der Waals surface area contributed by atoms with Gasteiger partial charge in [-0.05, 0) is 110 Å². The zero-order valence-electron chi connectivity index (χ0n) is 30.1. The van der Waals surface area contributed by atoms with Crippen LogP contribution in [0.3, 0.4) is 0 Å². The maximum absolute atomic E-state index is 2.49.